The van der Waals surface area contributed by atoms with Crippen LogP contribution in [0.4, 0.5) is 0 Å². The summed E-state index contributed by atoms with van der Waals surface area (Å²) in [5.41, 5.74) is 4.22. The molecule has 0 atom stereocenters. The molecule has 2 heteroatoms. The van der Waals surface area contributed by atoms with Crippen molar-refractivity contribution >= 4 is 0 Å². The van der Waals surface area contributed by atoms with Gasteiger partial charge in [0.05, 0.1) is 0 Å². The average molecular weight is 296 g/mol. The lowest BCUT2D eigenvalue weighted by molar-refractivity contribution is 0.344. The minimum absolute atomic E-state index is 0.324. The summed E-state index contributed by atoms with van der Waals surface area (Å²) < 4.78 is 5.80. The van der Waals surface area contributed by atoms with Crippen LogP contribution in [-0.2, 0) is 19.3 Å². The zero-order valence-corrected chi connectivity index (χ0v) is 13.4. The monoisotopic (exact) mass is 296 g/mol. The first-order valence-corrected chi connectivity index (χ1v) is 7.76. The maximum Gasteiger partial charge on any atom is 0.126 e. The van der Waals surface area contributed by atoms with Gasteiger partial charge in [0.2, 0.25) is 0 Å². The van der Waals surface area contributed by atoms with Crippen molar-refractivity contribution in [3.05, 3.63) is 71.3 Å². The van der Waals surface area contributed by atoms with Crippen LogP contribution in [0.15, 0.2) is 54.6 Å². The van der Waals surface area contributed by atoms with Gasteiger partial charge in [0.15, 0.2) is 0 Å². The first kappa shape index (κ1) is 16.2. The number of hydrogen-bond acceptors (Lipinski definition) is 2. The molecule has 0 aliphatic heterocycles. The molecule has 0 unspecified atom stereocenters. The maximum atomic E-state index is 10.2. The third-order valence-electron chi connectivity index (χ3n) is 3.62. The minimum atomic E-state index is 0.324. The van der Waals surface area contributed by atoms with Crippen LogP contribution in [0, 0.1) is 0 Å². The summed E-state index contributed by atoms with van der Waals surface area (Å²) >= 11 is 0. The van der Waals surface area contributed by atoms with Gasteiger partial charge < -0.3 is 9.84 Å². The lowest BCUT2D eigenvalue weighted by atomic mass is 10.0. The molecule has 0 saturated heterocycles. The number of aryl methyl sites for hydroxylation is 2. The molecule has 1 N–H and O–H groups in total. The highest BCUT2D eigenvalue weighted by Gasteiger charge is 2.10. The Balaban J connectivity index is 2.15. The molecule has 0 heterocycles. The number of hydrogen-bond donors (Lipinski definition) is 1. The third-order valence-corrected chi connectivity index (χ3v) is 3.62. The molecule has 0 bridgehead atoms. The highest BCUT2D eigenvalue weighted by Crippen LogP contribution is 2.31. The zero-order valence-electron chi connectivity index (χ0n) is 13.4. The lowest BCUT2D eigenvalue weighted by Gasteiger charge is -2.14. The van der Waals surface area contributed by atoms with Crippen LogP contribution in [0.5, 0.6) is 11.5 Å². The quantitative estimate of drug-likeness (QED) is 0.751. The fraction of sp³-hybridized carbons (Fsp3) is 0.300. The Bertz CT molecular complexity index is 630. The fourth-order valence-electron chi connectivity index (χ4n) is 2.45. The van der Waals surface area contributed by atoms with Crippen LogP contribution in [0.1, 0.15) is 30.5 Å². The van der Waals surface area contributed by atoms with Gasteiger partial charge in [-0.1, -0.05) is 43.8 Å². The van der Waals surface area contributed by atoms with E-state index in [9.17, 15) is 5.11 Å². The molecular formula is C20H24O2. The van der Waals surface area contributed by atoms with Gasteiger partial charge in [-0.2, -0.15) is 0 Å². The molecule has 0 aromatic heterocycles. The van der Waals surface area contributed by atoms with Crippen molar-refractivity contribution in [1.82, 2.24) is 0 Å². The first-order valence-electron chi connectivity index (χ1n) is 7.76. The van der Waals surface area contributed by atoms with Gasteiger partial charge >= 0.3 is 0 Å². The van der Waals surface area contributed by atoms with Crippen molar-refractivity contribution in [2.75, 3.05) is 6.61 Å². The molecule has 2 nitrogen and oxygen atoms in total. The van der Waals surface area contributed by atoms with Crippen LogP contribution in [0.2, 0.25) is 0 Å². The van der Waals surface area contributed by atoms with E-state index in [-0.39, 0.29) is 0 Å². The highest BCUT2D eigenvalue weighted by molar-refractivity contribution is 5.47. The van der Waals surface area contributed by atoms with Gasteiger partial charge in [-0.25, -0.2) is 0 Å². The highest BCUT2D eigenvalue weighted by atomic mass is 16.5. The van der Waals surface area contributed by atoms with Crippen molar-refractivity contribution in [3.8, 4) is 11.5 Å². The molecule has 2 rings (SSSR count). The summed E-state index contributed by atoms with van der Waals surface area (Å²) in [6.45, 7) is 8.30. The normalized spacial score (nSPS) is 10.5. The number of ether oxygens (including phenoxy) is 1. The van der Waals surface area contributed by atoms with Crippen LogP contribution in [-0.4, -0.2) is 11.7 Å². The Hall–Kier alpha value is -2.22. The van der Waals surface area contributed by atoms with E-state index in [2.05, 4.69) is 18.7 Å². The zero-order chi connectivity index (χ0) is 15.9. The molecule has 22 heavy (non-hydrogen) atoms. The lowest BCUT2D eigenvalue weighted by Crippen LogP contribution is -2.02. The van der Waals surface area contributed by atoms with E-state index < -0.39 is 0 Å². The van der Waals surface area contributed by atoms with Gasteiger partial charge in [0.25, 0.3) is 0 Å². The van der Waals surface area contributed by atoms with Crippen molar-refractivity contribution in [1.29, 1.82) is 0 Å². The summed E-state index contributed by atoms with van der Waals surface area (Å²) in [7, 11) is 0. The fourth-order valence-corrected chi connectivity index (χ4v) is 2.45. The summed E-state index contributed by atoms with van der Waals surface area (Å²) in [4.78, 5) is 0. The second-order valence-corrected chi connectivity index (χ2v) is 5.68. The third kappa shape index (κ3) is 4.39. The van der Waals surface area contributed by atoms with Crippen LogP contribution in [0.3, 0.4) is 0 Å². The second-order valence-electron chi connectivity index (χ2n) is 5.68. The molecule has 0 amide bonds. The summed E-state index contributed by atoms with van der Waals surface area (Å²) in [6, 6.07) is 14.3. The van der Waals surface area contributed by atoms with Gasteiger partial charge in [-0.05, 0) is 55.0 Å². The van der Waals surface area contributed by atoms with Crippen molar-refractivity contribution in [3.63, 3.8) is 0 Å². The molecule has 116 valence electrons. The number of rotatable bonds is 7. The van der Waals surface area contributed by atoms with E-state index >= 15 is 0 Å². The molecule has 0 fully saturated rings. The van der Waals surface area contributed by atoms with E-state index in [1.54, 1.807) is 0 Å². The second kappa shape index (κ2) is 7.69. The Morgan fingerprint density at radius 3 is 2.41 bits per heavy atom. The van der Waals surface area contributed by atoms with Gasteiger partial charge in [-0.15, -0.1) is 0 Å². The van der Waals surface area contributed by atoms with Gasteiger partial charge in [0.1, 0.15) is 18.1 Å². The molecule has 0 spiro atoms. The Kier molecular flexibility index (Phi) is 5.65. The summed E-state index contributed by atoms with van der Waals surface area (Å²) in [6.07, 6.45) is 2.58. The SMILES string of the molecule is C=C(C)COc1cc(CCc2ccccc2)cc(O)c1CC. The Morgan fingerprint density at radius 1 is 1.09 bits per heavy atom. The average Bonchev–Trinajstić information content (AvgIpc) is 2.51. The standard InChI is InChI=1S/C20H24O2/c1-4-18-19(21)12-17(13-20(18)22-14-15(2)3)11-10-16-8-6-5-7-9-16/h5-9,12-13,21H,2,4,10-11,14H2,1,3H3. The van der Waals surface area contributed by atoms with Crippen molar-refractivity contribution < 1.29 is 9.84 Å². The molecule has 2 aromatic carbocycles. The first-order chi connectivity index (χ1) is 10.6. The van der Waals surface area contributed by atoms with Gasteiger partial charge in [-0.3, -0.25) is 0 Å². The molecule has 0 aliphatic rings. The van der Waals surface area contributed by atoms with E-state index in [1.165, 1.54) is 5.56 Å². The van der Waals surface area contributed by atoms with Crippen molar-refractivity contribution in [2.45, 2.75) is 33.1 Å². The van der Waals surface area contributed by atoms with Crippen LogP contribution < -0.4 is 4.74 Å². The molecule has 0 radical (unpaired) electrons. The number of aromatic hydroxyl groups is 1. The predicted octanol–water partition coefficient (Wildman–Crippen LogP) is 4.69. The number of phenolic OH excluding ortho intramolecular Hbond substituents is 1. The maximum absolute atomic E-state index is 10.2. The van der Waals surface area contributed by atoms with E-state index in [0.29, 0.717) is 12.4 Å². The summed E-state index contributed by atoms with van der Waals surface area (Å²) in [5, 5.41) is 10.2. The topological polar surface area (TPSA) is 29.5 Å². The van der Waals surface area contributed by atoms with Crippen molar-refractivity contribution in [2.24, 2.45) is 0 Å². The van der Waals surface area contributed by atoms with Crippen LogP contribution >= 0.6 is 0 Å². The number of benzene rings is 2. The molecule has 0 saturated carbocycles. The van der Waals surface area contributed by atoms with E-state index in [4.69, 9.17) is 4.74 Å². The van der Waals surface area contributed by atoms with Crippen LogP contribution in [0.25, 0.3) is 0 Å². The molecule has 2 aromatic rings. The molecule has 0 aliphatic carbocycles. The Labute approximate surface area is 133 Å². The molecular weight excluding hydrogens is 272 g/mol. The summed E-state index contributed by atoms with van der Waals surface area (Å²) in [5.74, 6) is 1.10. The van der Waals surface area contributed by atoms with E-state index in [0.717, 1.165) is 41.7 Å². The smallest absolute Gasteiger partial charge is 0.126 e. The predicted molar refractivity (Wildman–Crippen MR) is 91.6 cm³/mol. The largest absolute Gasteiger partial charge is 0.508 e. The minimum Gasteiger partial charge on any atom is -0.508 e. The van der Waals surface area contributed by atoms with E-state index in [1.807, 2.05) is 44.2 Å². The Morgan fingerprint density at radius 2 is 1.77 bits per heavy atom. The van der Waals surface area contributed by atoms with Gasteiger partial charge in [0, 0.05) is 5.56 Å². The number of phenols is 1.